The molecule has 1 aliphatic rings. The van der Waals surface area contributed by atoms with Crippen LogP contribution in [0.25, 0.3) is 0 Å². The summed E-state index contributed by atoms with van der Waals surface area (Å²) in [7, 11) is -1.03. The maximum absolute atomic E-state index is 13.4. The first kappa shape index (κ1) is 15.0. The van der Waals surface area contributed by atoms with Gasteiger partial charge in [-0.2, -0.15) is 0 Å². The molecular formula is C14H21BrFNOSi. The Kier molecular flexibility index (Phi) is 4.69. The first-order valence-electron chi connectivity index (χ1n) is 6.67. The lowest BCUT2D eigenvalue weighted by atomic mass is 10.2. The zero-order chi connectivity index (χ0) is 14.0. The van der Waals surface area contributed by atoms with Gasteiger partial charge < -0.3 is 9.64 Å². The normalized spacial score (nSPS) is 14.9. The number of ether oxygens (including phenoxy) is 1. The van der Waals surface area contributed by atoms with Crippen molar-refractivity contribution in [3.63, 3.8) is 0 Å². The number of fused-ring (bicyclic) bond motifs is 1. The Hall–Kier alpha value is -0.393. The van der Waals surface area contributed by atoms with Crippen LogP contribution in [0.15, 0.2) is 16.6 Å². The molecule has 0 saturated carbocycles. The summed E-state index contributed by atoms with van der Waals surface area (Å²) in [6, 6.07) is 4.31. The van der Waals surface area contributed by atoms with Gasteiger partial charge in [-0.1, -0.05) is 35.6 Å². The van der Waals surface area contributed by atoms with E-state index in [4.69, 9.17) is 4.74 Å². The maximum atomic E-state index is 13.4. The minimum Gasteiger partial charge on any atom is -0.361 e. The second-order valence-electron chi connectivity index (χ2n) is 6.25. The number of hydrogen-bond donors (Lipinski definition) is 0. The van der Waals surface area contributed by atoms with E-state index in [-0.39, 0.29) is 5.82 Å². The third-order valence-corrected chi connectivity index (χ3v) is 5.76. The number of hydrogen-bond acceptors (Lipinski definition) is 2. The van der Waals surface area contributed by atoms with Crippen molar-refractivity contribution in [2.24, 2.45) is 0 Å². The molecule has 1 heterocycles. The molecule has 0 radical (unpaired) electrons. The molecule has 0 bridgehead atoms. The second-order valence-corrected chi connectivity index (χ2v) is 12.7. The number of anilines is 1. The minimum absolute atomic E-state index is 0.195. The van der Waals surface area contributed by atoms with E-state index < -0.39 is 8.07 Å². The SMILES string of the molecule is C[Si](C)(C)CCOCN1CCc2c(Br)cc(F)cc21. The molecule has 0 amide bonds. The molecule has 0 spiro atoms. The Labute approximate surface area is 124 Å². The van der Waals surface area contributed by atoms with Crippen LogP contribution in [0.4, 0.5) is 10.1 Å². The Morgan fingerprint density at radius 1 is 1.37 bits per heavy atom. The van der Waals surface area contributed by atoms with Gasteiger partial charge in [-0.15, -0.1) is 0 Å². The van der Waals surface area contributed by atoms with Crippen molar-refractivity contribution in [3.05, 3.63) is 28.0 Å². The molecule has 5 heteroatoms. The molecule has 0 N–H and O–H groups in total. The average molecular weight is 346 g/mol. The topological polar surface area (TPSA) is 12.5 Å². The molecule has 1 aromatic rings. The van der Waals surface area contributed by atoms with Crippen molar-refractivity contribution < 1.29 is 9.13 Å². The summed E-state index contributed by atoms with van der Waals surface area (Å²) in [6.45, 7) is 9.30. The van der Waals surface area contributed by atoms with Gasteiger partial charge in [0.05, 0.1) is 0 Å². The predicted octanol–water partition coefficient (Wildman–Crippen LogP) is 4.26. The van der Waals surface area contributed by atoms with Crippen molar-refractivity contribution in [2.75, 3.05) is 24.8 Å². The fourth-order valence-electron chi connectivity index (χ4n) is 2.17. The van der Waals surface area contributed by atoms with E-state index in [1.165, 1.54) is 17.7 Å². The number of halogens is 2. The Morgan fingerprint density at radius 3 is 2.79 bits per heavy atom. The first-order chi connectivity index (χ1) is 8.87. The second kappa shape index (κ2) is 5.93. The average Bonchev–Trinajstić information content (AvgIpc) is 2.66. The van der Waals surface area contributed by atoms with Crippen LogP contribution < -0.4 is 4.90 Å². The van der Waals surface area contributed by atoms with E-state index >= 15 is 0 Å². The Balaban J connectivity index is 1.92. The first-order valence-corrected chi connectivity index (χ1v) is 11.2. The number of nitrogens with zero attached hydrogens (tertiary/aromatic N) is 1. The predicted molar refractivity (Wildman–Crippen MR) is 84.1 cm³/mol. The van der Waals surface area contributed by atoms with Gasteiger partial charge in [0.2, 0.25) is 0 Å². The van der Waals surface area contributed by atoms with Gasteiger partial charge in [-0.3, -0.25) is 0 Å². The number of benzene rings is 1. The third-order valence-electron chi connectivity index (χ3n) is 3.35. The molecule has 0 saturated heterocycles. The summed E-state index contributed by atoms with van der Waals surface area (Å²) in [5.41, 5.74) is 2.16. The lowest BCUT2D eigenvalue weighted by Crippen LogP contribution is -2.27. The van der Waals surface area contributed by atoms with E-state index in [9.17, 15) is 4.39 Å². The van der Waals surface area contributed by atoms with E-state index in [1.807, 2.05) is 0 Å². The summed E-state index contributed by atoms with van der Waals surface area (Å²) < 4.78 is 20.1. The summed E-state index contributed by atoms with van der Waals surface area (Å²) in [4.78, 5) is 2.12. The van der Waals surface area contributed by atoms with Crippen molar-refractivity contribution in [1.29, 1.82) is 0 Å². The Morgan fingerprint density at radius 2 is 2.11 bits per heavy atom. The van der Waals surface area contributed by atoms with E-state index in [1.54, 1.807) is 6.07 Å². The fraction of sp³-hybridized carbons (Fsp3) is 0.571. The molecular weight excluding hydrogens is 325 g/mol. The molecule has 19 heavy (non-hydrogen) atoms. The van der Waals surface area contributed by atoms with E-state index in [2.05, 4.69) is 40.5 Å². The lowest BCUT2D eigenvalue weighted by molar-refractivity contribution is 0.148. The fourth-order valence-corrected chi connectivity index (χ4v) is 3.55. The third kappa shape index (κ3) is 4.03. The van der Waals surface area contributed by atoms with Crippen LogP contribution in [0, 0.1) is 5.82 Å². The molecule has 0 aliphatic carbocycles. The van der Waals surface area contributed by atoms with Crippen LogP contribution in [0.1, 0.15) is 5.56 Å². The van der Waals surface area contributed by atoms with Gasteiger partial charge in [0.15, 0.2) is 0 Å². The van der Waals surface area contributed by atoms with Crippen molar-refractivity contribution in [3.8, 4) is 0 Å². The van der Waals surface area contributed by atoms with Gasteiger partial charge >= 0.3 is 0 Å². The molecule has 106 valence electrons. The molecule has 1 aromatic carbocycles. The highest BCUT2D eigenvalue weighted by Crippen LogP contribution is 2.34. The largest absolute Gasteiger partial charge is 0.361 e. The van der Waals surface area contributed by atoms with Crippen LogP contribution >= 0.6 is 15.9 Å². The van der Waals surface area contributed by atoms with E-state index in [0.717, 1.165) is 29.7 Å². The zero-order valence-electron chi connectivity index (χ0n) is 11.8. The monoisotopic (exact) mass is 345 g/mol. The van der Waals surface area contributed by atoms with Crippen molar-refractivity contribution in [2.45, 2.75) is 32.1 Å². The van der Waals surface area contributed by atoms with Crippen molar-refractivity contribution >= 4 is 29.7 Å². The molecule has 1 aliphatic heterocycles. The van der Waals surface area contributed by atoms with Gasteiger partial charge in [-0.05, 0) is 30.2 Å². The van der Waals surface area contributed by atoms with Crippen molar-refractivity contribution in [1.82, 2.24) is 0 Å². The summed E-state index contributed by atoms with van der Waals surface area (Å²) in [5.74, 6) is -0.195. The highest BCUT2D eigenvalue weighted by atomic mass is 79.9. The molecule has 0 aromatic heterocycles. The molecule has 0 fully saturated rings. The van der Waals surface area contributed by atoms with Gasteiger partial charge in [-0.25, -0.2) is 4.39 Å². The van der Waals surface area contributed by atoms with Gasteiger partial charge in [0.1, 0.15) is 12.5 Å². The van der Waals surface area contributed by atoms with Crippen LogP contribution in [0.3, 0.4) is 0 Å². The molecule has 2 nitrogen and oxygen atoms in total. The Bertz CT molecular complexity index is 461. The minimum atomic E-state index is -1.03. The van der Waals surface area contributed by atoms with Gasteiger partial charge in [0, 0.05) is 31.4 Å². The molecule has 2 rings (SSSR count). The smallest absolute Gasteiger partial charge is 0.126 e. The molecule has 0 unspecified atom stereocenters. The quantitative estimate of drug-likeness (QED) is 0.583. The van der Waals surface area contributed by atoms with Crippen LogP contribution in [-0.4, -0.2) is 28.0 Å². The zero-order valence-corrected chi connectivity index (χ0v) is 14.4. The van der Waals surface area contributed by atoms with Crippen LogP contribution in [-0.2, 0) is 11.2 Å². The highest BCUT2D eigenvalue weighted by molar-refractivity contribution is 9.10. The van der Waals surface area contributed by atoms with Gasteiger partial charge in [0.25, 0.3) is 0 Å². The summed E-state index contributed by atoms with van der Waals surface area (Å²) in [6.07, 6.45) is 0.952. The number of rotatable bonds is 5. The highest BCUT2D eigenvalue weighted by Gasteiger charge is 2.22. The molecule has 0 atom stereocenters. The maximum Gasteiger partial charge on any atom is 0.126 e. The summed E-state index contributed by atoms with van der Waals surface area (Å²) in [5, 5.41) is 0. The van der Waals surface area contributed by atoms with Crippen LogP contribution in [0.5, 0.6) is 0 Å². The standard InChI is InChI=1S/C14H21BrFNOSi/c1-19(2,3)7-6-18-10-17-5-4-12-13(15)8-11(16)9-14(12)17/h8-9H,4-7,10H2,1-3H3. The van der Waals surface area contributed by atoms with Crippen LogP contribution in [0.2, 0.25) is 25.7 Å². The van der Waals surface area contributed by atoms with E-state index in [0.29, 0.717) is 6.73 Å². The summed E-state index contributed by atoms with van der Waals surface area (Å²) >= 11 is 3.43. The lowest BCUT2D eigenvalue weighted by Gasteiger charge is -2.21.